The Morgan fingerprint density at radius 1 is 1.05 bits per heavy atom. The van der Waals surface area contributed by atoms with Crippen molar-refractivity contribution in [3.8, 4) is 0 Å². The average molecular weight is 266 g/mol. The van der Waals surface area contributed by atoms with E-state index >= 15 is 0 Å². The van der Waals surface area contributed by atoms with Gasteiger partial charge in [0.05, 0.1) is 11.0 Å². The second kappa shape index (κ2) is 5.05. The molecule has 3 aromatic rings. The fourth-order valence-corrected chi connectivity index (χ4v) is 1.99. The number of amides is 1. The van der Waals surface area contributed by atoms with E-state index in [1.165, 1.54) is 6.92 Å². The first kappa shape index (κ1) is 12.2. The summed E-state index contributed by atoms with van der Waals surface area (Å²) in [6.07, 6.45) is 0. The zero-order chi connectivity index (χ0) is 13.9. The van der Waals surface area contributed by atoms with E-state index in [0.717, 1.165) is 22.4 Å². The summed E-state index contributed by atoms with van der Waals surface area (Å²) in [4.78, 5) is 18.6. The zero-order valence-electron chi connectivity index (χ0n) is 11.0. The number of fused-ring (bicyclic) bond motifs is 1. The molecule has 20 heavy (non-hydrogen) atoms. The molecule has 3 N–H and O–H groups in total. The molecule has 0 aliphatic heterocycles. The van der Waals surface area contributed by atoms with Crippen LogP contribution in [-0.2, 0) is 4.79 Å². The summed E-state index contributed by atoms with van der Waals surface area (Å²) in [6, 6.07) is 15.3. The van der Waals surface area contributed by atoms with Crippen LogP contribution in [0.4, 0.5) is 17.3 Å². The Labute approximate surface area is 116 Å². The van der Waals surface area contributed by atoms with E-state index in [2.05, 4.69) is 20.6 Å². The molecule has 0 bridgehead atoms. The van der Waals surface area contributed by atoms with Crippen molar-refractivity contribution in [1.82, 2.24) is 9.97 Å². The minimum absolute atomic E-state index is 0.0806. The molecule has 1 heterocycles. The molecule has 5 nitrogen and oxygen atoms in total. The molecular weight excluding hydrogens is 252 g/mol. The second-order valence-corrected chi connectivity index (χ2v) is 4.49. The highest BCUT2D eigenvalue weighted by Gasteiger charge is 2.02. The van der Waals surface area contributed by atoms with E-state index in [4.69, 9.17) is 0 Å². The van der Waals surface area contributed by atoms with E-state index in [9.17, 15) is 4.79 Å². The number of imidazole rings is 1. The molecule has 0 spiro atoms. The first-order chi connectivity index (χ1) is 9.70. The lowest BCUT2D eigenvalue weighted by atomic mass is 10.3. The summed E-state index contributed by atoms with van der Waals surface area (Å²) in [6.45, 7) is 1.49. The lowest BCUT2D eigenvalue weighted by molar-refractivity contribution is -0.114. The minimum Gasteiger partial charge on any atom is -0.326 e. The van der Waals surface area contributed by atoms with Crippen LogP contribution in [0.2, 0.25) is 0 Å². The maximum Gasteiger partial charge on any atom is 0.221 e. The number of para-hydroxylation sites is 2. The predicted molar refractivity (Wildman–Crippen MR) is 80.1 cm³/mol. The van der Waals surface area contributed by atoms with Crippen LogP contribution in [0.25, 0.3) is 11.0 Å². The quantitative estimate of drug-likeness (QED) is 0.681. The highest BCUT2D eigenvalue weighted by atomic mass is 16.1. The van der Waals surface area contributed by atoms with Gasteiger partial charge in [-0.05, 0) is 36.4 Å². The number of aromatic amines is 1. The molecule has 2 aromatic carbocycles. The molecule has 100 valence electrons. The minimum atomic E-state index is -0.0806. The number of hydrogen-bond donors (Lipinski definition) is 3. The summed E-state index contributed by atoms with van der Waals surface area (Å²) in [5.74, 6) is 0.612. The van der Waals surface area contributed by atoms with Crippen molar-refractivity contribution in [2.75, 3.05) is 10.6 Å². The van der Waals surface area contributed by atoms with Crippen LogP contribution < -0.4 is 10.6 Å². The summed E-state index contributed by atoms with van der Waals surface area (Å²) < 4.78 is 0. The van der Waals surface area contributed by atoms with Gasteiger partial charge < -0.3 is 15.6 Å². The van der Waals surface area contributed by atoms with Gasteiger partial charge >= 0.3 is 0 Å². The number of nitrogens with one attached hydrogen (secondary N) is 3. The predicted octanol–water partition coefficient (Wildman–Crippen LogP) is 3.26. The summed E-state index contributed by atoms with van der Waals surface area (Å²) in [5, 5.41) is 5.92. The molecule has 1 amide bonds. The van der Waals surface area contributed by atoms with Gasteiger partial charge in [0.1, 0.15) is 0 Å². The molecule has 0 fully saturated rings. The summed E-state index contributed by atoms with van der Waals surface area (Å²) in [7, 11) is 0. The molecular formula is C15H14N4O. The number of H-pyrrole nitrogens is 1. The van der Waals surface area contributed by atoms with Gasteiger partial charge in [0.15, 0.2) is 0 Å². The molecule has 0 aliphatic rings. The lowest BCUT2D eigenvalue weighted by Gasteiger charge is -2.05. The highest BCUT2D eigenvalue weighted by molar-refractivity contribution is 5.88. The van der Waals surface area contributed by atoms with Crippen LogP contribution in [-0.4, -0.2) is 15.9 Å². The Morgan fingerprint density at radius 2 is 1.75 bits per heavy atom. The SMILES string of the molecule is CC(=O)Nc1ccc(Nc2nc3ccccc3[nH]2)cc1. The molecule has 3 rings (SSSR count). The van der Waals surface area contributed by atoms with Gasteiger partial charge in [0.25, 0.3) is 0 Å². The molecule has 1 aromatic heterocycles. The van der Waals surface area contributed by atoms with E-state index in [1.807, 2.05) is 48.5 Å². The fraction of sp³-hybridized carbons (Fsp3) is 0.0667. The molecule has 0 saturated carbocycles. The number of aromatic nitrogens is 2. The summed E-state index contributed by atoms with van der Waals surface area (Å²) >= 11 is 0. The topological polar surface area (TPSA) is 69.8 Å². The van der Waals surface area contributed by atoms with Gasteiger partial charge in [-0.1, -0.05) is 12.1 Å². The number of nitrogens with zero attached hydrogens (tertiary/aromatic N) is 1. The third-order valence-electron chi connectivity index (χ3n) is 2.86. The van der Waals surface area contributed by atoms with Crippen LogP contribution in [0.3, 0.4) is 0 Å². The van der Waals surface area contributed by atoms with Crippen LogP contribution in [0, 0.1) is 0 Å². The Kier molecular flexibility index (Phi) is 3.09. The van der Waals surface area contributed by atoms with Gasteiger partial charge in [0.2, 0.25) is 11.9 Å². The maximum atomic E-state index is 10.9. The van der Waals surface area contributed by atoms with E-state index < -0.39 is 0 Å². The third-order valence-corrected chi connectivity index (χ3v) is 2.86. The zero-order valence-corrected chi connectivity index (χ0v) is 11.0. The Balaban J connectivity index is 1.78. The second-order valence-electron chi connectivity index (χ2n) is 4.49. The van der Waals surface area contributed by atoms with Crippen molar-refractivity contribution in [2.45, 2.75) is 6.92 Å². The number of anilines is 3. The summed E-state index contributed by atoms with van der Waals surface area (Å²) in [5.41, 5.74) is 3.58. The lowest BCUT2D eigenvalue weighted by Crippen LogP contribution is -2.05. The standard InChI is InChI=1S/C15H14N4O/c1-10(20)16-11-6-8-12(9-7-11)17-15-18-13-4-2-3-5-14(13)19-15/h2-9H,1H3,(H,16,20)(H2,17,18,19). The molecule has 5 heteroatoms. The van der Waals surface area contributed by atoms with E-state index in [0.29, 0.717) is 5.95 Å². The molecule has 0 saturated heterocycles. The smallest absolute Gasteiger partial charge is 0.221 e. The average Bonchev–Trinajstić information content (AvgIpc) is 2.82. The molecule has 0 aliphatic carbocycles. The van der Waals surface area contributed by atoms with Crippen molar-refractivity contribution in [3.05, 3.63) is 48.5 Å². The van der Waals surface area contributed by atoms with Crippen molar-refractivity contribution in [1.29, 1.82) is 0 Å². The number of carbonyl (C=O) groups is 1. The molecule has 0 atom stereocenters. The van der Waals surface area contributed by atoms with Crippen LogP contribution in [0.15, 0.2) is 48.5 Å². The number of rotatable bonds is 3. The Morgan fingerprint density at radius 3 is 2.45 bits per heavy atom. The fourth-order valence-electron chi connectivity index (χ4n) is 1.99. The first-order valence-electron chi connectivity index (χ1n) is 6.30. The monoisotopic (exact) mass is 266 g/mol. The number of carbonyl (C=O) groups excluding carboxylic acids is 1. The third kappa shape index (κ3) is 2.61. The number of benzene rings is 2. The number of hydrogen-bond acceptors (Lipinski definition) is 3. The van der Waals surface area contributed by atoms with Crippen molar-refractivity contribution < 1.29 is 4.79 Å². The van der Waals surface area contributed by atoms with Crippen molar-refractivity contribution >= 4 is 34.3 Å². The highest BCUT2D eigenvalue weighted by Crippen LogP contribution is 2.19. The van der Waals surface area contributed by atoms with Gasteiger partial charge in [-0.15, -0.1) is 0 Å². The van der Waals surface area contributed by atoms with Gasteiger partial charge in [0, 0.05) is 18.3 Å². The van der Waals surface area contributed by atoms with E-state index in [-0.39, 0.29) is 5.91 Å². The Hall–Kier alpha value is -2.82. The largest absolute Gasteiger partial charge is 0.326 e. The van der Waals surface area contributed by atoms with Crippen LogP contribution in [0.5, 0.6) is 0 Å². The molecule has 0 unspecified atom stereocenters. The van der Waals surface area contributed by atoms with Gasteiger partial charge in [-0.25, -0.2) is 4.98 Å². The van der Waals surface area contributed by atoms with Crippen molar-refractivity contribution in [3.63, 3.8) is 0 Å². The Bertz CT molecular complexity index is 713. The maximum absolute atomic E-state index is 10.9. The van der Waals surface area contributed by atoms with E-state index in [1.54, 1.807) is 0 Å². The van der Waals surface area contributed by atoms with Crippen LogP contribution in [0.1, 0.15) is 6.92 Å². The van der Waals surface area contributed by atoms with Crippen LogP contribution >= 0.6 is 0 Å². The van der Waals surface area contributed by atoms with Crippen molar-refractivity contribution in [2.24, 2.45) is 0 Å². The molecule has 0 radical (unpaired) electrons. The first-order valence-corrected chi connectivity index (χ1v) is 6.30. The van der Waals surface area contributed by atoms with Gasteiger partial charge in [-0.2, -0.15) is 0 Å². The normalized spacial score (nSPS) is 10.4. The van der Waals surface area contributed by atoms with Gasteiger partial charge in [-0.3, -0.25) is 4.79 Å².